The lowest BCUT2D eigenvalue weighted by molar-refractivity contribution is 0.332. The summed E-state index contributed by atoms with van der Waals surface area (Å²) in [7, 11) is 0.932. The summed E-state index contributed by atoms with van der Waals surface area (Å²) in [6, 6.07) is 47.0. The molecule has 3 heterocycles. The number of benzene rings is 7. The molecule has 58 heavy (non-hydrogen) atoms. The molecule has 0 spiro atoms. The minimum atomic E-state index is 0.107. The Morgan fingerprint density at radius 2 is 1.31 bits per heavy atom. The maximum absolute atomic E-state index is 4.28. The van der Waals surface area contributed by atoms with Crippen molar-refractivity contribution in [2.75, 3.05) is 5.32 Å². The van der Waals surface area contributed by atoms with E-state index in [1.807, 2.05) is 0 Å². The number of rotatable bonds is 3. The van der Waals surface area contributed by atoms with Gasteiger partial charge < -0.3 is 9.72 Å². The van der Waals surface area contributed by atoms with Crippen molar-refractivity contribution in [3.63, 3.8) is 0 Å². The van der Waals surface area contributed by atoms with Gasteiger partial charge in [-0.1, -0.05) is 153 Å². The van der Waals surface area contributed by atoms with Gasteiger partial charge in [-0.15, -0.1) is 0 Å². The lowest BCUT2D eigenvalue weighted by Gasteiger charge is -2.42. The van der Waals surface area contributed by atoms with Gasteiger partial charge in [0.1, 0.15) is 0 Å². The monoisotopic (exact) mass is 748 g/mol. The van der Waals surface area contributed by atoms with Crippen LogP contribution in [-0.2, 0) is 17.3 Å². The summed E-state index contributed by atoms with van der Waals surface area (Å²) in [6.07, 6.45) is 4.61. The molecule has 2 nitrogen and oxygen atoms in total. The number of para-hydroxylation sites is 2. The van der Waals surface area contributed by atoms with Crippen molar-refractivity contribution in [1.82, 2.24) is 4.40 Å². The number of hydrogen-bond donors (Lipinski definition) is 1. The van der Waals surface area contributed by atoms with Crippen molar-refractivity contribution in [3.05, 3.63) is 160 Å². The molecule has 0 fully saturated rings. The molecule has 1 N–H and O–H groups in total. The van der Waals surface area contributed by atoms with Gasteiger partial charge in [-0.25, -0.2) is 0 Å². The molecule has 0 amide bonds. The standard InChI is InChI=1S/C55H49BN2/c1-31-27-42-37-22-21-33-13-7-8-14-34(33)36-16-12-19-46(49(36)37)56-50(42)43(28-31)38-23-24-41-40-18-11-17-39-35-15-9-10-20-48(35)58(52(39)40)53(41)51(38)57-47-30-45-44(29-32(47)2)54(3,4)25-26-55(45,5)6/h7-20,23-24,27-30,37,56-57H,21-22,25-26H2,1-6H3. The molecule has 3 aliphatic rings. The molecule has 0 radical (unpaired) electrons. The number of anilines is 2. The highest BCUT2D eigenvalue weighted by molar-refractivity contribution is 6.70. The number of nitrogens with zero attached hydrogens (tertiary/aromatic N) is 1. The van der Waals surface area contributed by atoms with Crippen LogP contribution in [0, 0.1) is 13.8 Å². The van der Waals surface area contributed by atoms with Gasteiger partial charge in [0.05, 0.1) is 22.2 Å². The van der Waals surface area contributed by atoms with Gasteiger partial charge in [0.15, 0.2) is 7.28 Å². The Hall–Kier alpha value is -5.80. The van der Waals surface area contributed by atoms with Gasteiger partial charge in [0.2, 0.25) is 0 Å². The third-order valence-corrected chi connectivity index (χ3v) is 14.9. The maximum atomic E-state index is 4.28. The lowest BCUT2D eigenvalue weighted by Crippen LogP contribution is -2.41. The summed E-state index contributed by atoms with van der Waals surface area (Å²) in [5.41, 5.74) is 25.1. The van der Waals surface area contributed by atoms with E-state index in [1.165, 1.54) is 129 Å². The lowest BCUT2D eigenvalue weighted by atomic mass is 9.51. The highest BCUT2D eigenvalue weighted by Gasteiger charge is 2.38. The second-order valence-electron chi connectivity index (χ2n) is 19.2. The largest absolute Gasteiger partial charge is 0.353 e. The number of fused-ring (bicyclic) bond motifs is 11. The van der Waals surface area contributed by atoms with Crippen LogP contribution in [0.2, 0.25) is 0 Å². The van der Waals surface area contributed by atoms with Gasteiger partial charge in [-0.2, -0.15) is 0 Å². The van der Waals surface area contributed by atoms with Crippen LogP contribution < -0.4 is 16.2 Å². The first-order valence-electron chi connectivity index (χ1n) is 21.5. The van der Waals surface area contributed by atoms with Crippen LogP contribution in [0.4, 0.5) is 11.4 Å². The van der Waals surface area contributed by atoms with E-state index in [2.05, 4.69) is 173 Å². The fourth-order valence-corrected chi connectivity index (χ4v) is 11.8. The third kappa shape index (κ3) is 4.68. The summed E-state index contributed by atoms with van der Waals surface area (Å²) < 4.78 is 2.58. The first-order valence-corrected chi connectivity index (χ1v) is 21.5. The third-order valence-electron chi connectivity index (χ3n) is 14.9. The van der Waals surface area contributed by atoms with E-state index in [0.29, 0.717) is 5.92 Å². The Balaban J connectivity index is 1.15. The Bertz CT molecular complexity index is 3210. The molecular weight excluding hydrogens is 699 g/mol. The summed E-state index contributed by atoms with van der Waals surface area (Å²) in [5, 5.41) is 9.52. The van der Waals surface area contributed by atoms with Crippen molar-refractivity contribution in [1.29, 1.82) is 0 Å². The van der Waals surface area contributed by atoms with Crippen molar-refractivity contribution in [3.8, 4) is 22.3 Å². The summed E-state index contributed by atoms with van der Waals surface area (Å²) >= 11 is 0. The number of nitrogens with one attached hydrogen (secondary N) is 1. The fraction of sp³-hybridized carbons (Fsp3) is 0.236. The van der Waals surface area contributed by atoms with Crippen LogP contribution in [-0.4, -0.2) is 11.7 Å². The maximum Gasteiger partial charge on any atom is 0.193 e. The van der Waals surface area contributed by atoms with Crippen LogP contribution in [0.5, 0.6) is 0 Å². The molecule has 0 saturated carbocycles. The zero-order chi connectivity index (χ0) is 39.2. The summed E-state index contributed by atoms with van der Waals surface area (Å²) in [4.78, 5) is 0. The molecule has 2 aromatic heterocycles. The van der Waals surface area contributed by atoms with Crippen LogP contribution in [0.25, 0.3) is 60.3 Å². The molecule has 3 heteroatoms. The van der Waals surface area contributed by atoms with Crippen LogP contribution >= 0.6 is 0 Å². The Labute approximate surface area is 342 Å². The van der Waals surface area contributed by atoms with Crippen molar-refractivity contribution in [2.24, 2.45) is 0 Å². The molecule has 9 aromatic rings. The highest BCUT2D eigenvalue weighted by atomic mass is 15.0. The molecule has 282 valence electrons. The van der Waals surface area contributed by atoms with Gasteiger partial charge in [-0.3, -0.25) is 0 Å². The van der Waals surface area contributed by atoms with E-state index in [-0.39, 0.29) is 10.8 Å². The minimum Gasteiger partial charge on any atom is -0.353 e. The van der Waals surface area contributed by atoms with Crippen molar-refractivity contribution in [2.45, 2.75) is 84.0 Å². The van der Waals surface area contributed by atoms with Crippen molar-refractivity contribution >= 4 is 67.7 Å². The van der Waals surface area contributed by atoms with Gasteiger partial charge in [-0.05, 0) is 113 Å². The molecule has 1 aliphatic heterocycles. The second kappa shape index (κ2) is 11.9. The van der Waals surface area contributed by atoms with Gasteiger partial charge in [0, 0.05) is 38.7 Å². The normalized spacial score (nSPS) is 17.4. The molecule has 1 atom stereocenters. The second-order valence-corrected chi connectivity index (χ2v) is 19.2. The Morgan fingerprint density at radius 3 is 2.16 bits per heavy atom. The summed E-state index contributed by atoms with van der Waals surface area (Å²) in [5.74, 6) is 0.359. The smallest absolute Gasteiger partial charge is 0.193 e. The van der Waals surface area contributed by atoms with Gasteiger partial charge >= 0.3 is 0 Å². The highest BCUT2D eigenvalue weighted by Crippen LogP contribution is 2.50. The Morgan fingerprint density at radius 1 is 0.621 bits per heavy atom. The first kappa shape index (κ1) is 34.3. The van der Waals surface area contributed by atoms with E-state index in [9.17, 15) is 0 Å². The van der Waals surface area contributed by atoms with Crippen molar-refractivity contribution < 1.29 is 0 Å². The topological polar surface area (TPSA) is 16.4 Å². The minimum absolute atomic E-state index is 0.107. The predicted octanol–water partition coefficient (Wildman–Crippen LogP) is 12.7. The number of hydrogen-bond acceptors (Lipinski definition) is 1. The van der Waals surface area contributed by atoms with Crippen LogP contribution in [0.3, 0.4) is 0 Å². The van der Waals surface area contributed by atoms with E-state index < -0.39 is 0 Å². The average Bonchev–Trinajstić information content (AvgIpc) is 3.68. The molecule has 0 bridgehead atoms. The Kier molecular flexibility index (Phi) is 7.02. The molecular formula is C55H49BN2. The van der Waals surface area contributed by atoms with Crippen LogP contribution in [0.1, 0.15) is 91.8 Å². The molecule has 12 rings (SSSR count). The fourth-order valence-electron chi connectivity index (χ4n) is 11.8. The predicted molar refractivity (Wildman–Crippen MR) is 249 cm³/mol. The zero-order valence-corrected chi connectivity index (χ0v) is 34.6. The molecule has 1 unspecified atom stereocenters. The summed E-state index contributed by atoms with van der Waals surface area (Å²) in [6.45, 7) is 14.4. The zero-order valence-electron chi connectivity index (χ0n) is 34.6. The average molecular weight is 749 g/mol. The number of aromatic nitrogens is 1. The van der Waals surface area contributed by atoms with E-state index in [1.54, 1.807) is 5.56 Å². The first-order chi connectivity index (χ1) is 28.1. The quantitative estimate of drug-likeness (QED) is 0.178. The molecule has 7 aromatic carbocycles. The van der Waals surface area contributed by atoms with Crippen LogP contribution in [0.15, 0.2) is 121 Å². The molecule has 0 saturated heterocycles. The number of aryl methyl sites for hydroxylation is 3. The SMILES string of the molecule is Cc1cc(-c2ccc3c4cccc5c6ccccc6n(c3c2Nc2cc3c(cc2C)C(C)(C)CCC3(C)C)c54)c2c(c1)C1CCc3ccccc3-c3cccc(c31)B2. The van der Waals surface area contributed by atoms with E-state index in [4.69, 9.17) is 0 Å². The van der Waals surface area contributed by atoms with Gasteiger partial charge in [0.25, 0.3) is 0 Å². The van der Waals surface area contributed by atoms with E-state index >= 15 is 0 Å². The van der Waals surface area contributed by atoms with E-state index in [0.717, 1.165) is 20.1 Å². The molecule has 2 aliphatic carbocycles.